The minimum Gasteiger partial charge on any atom is -0.497 e. The Labute approximate surface area is 215 Å². The zero-order valence-corrected chi connectivity index (χ0v) is 20.9. The molecule has 1 aliphatic heterocycles. The molecule has 0 aromatic heterocycles. The summed E-state index contributed by atoms with van der Waals surface area (Å²) < 4.78 is 16.1. The number of allylic oxidation sites excluding steroid dienone is 3. The molecule has 1 saturated carbocycles. The minimum absolute atomic E-state index is 0.151. The van der Waals surface area contributed by atoms with Gasteiger partial charge in [0.05, 0.1) is 38.9 Å². The van der Waals surface area contributed by atoms with E-state index in [2.05, 4.69) is 12.2 Å². The summed E-state index contributed by atoms with van der Waals surface area (Å²) in [6.45, 7) is 0. The van der Waals surface area contributed by atoms with E-state index < -0.39 is 11.8 Å². The van der Waals surface area contributed by atoms with Crippen LogP contribution in [0.2, 0.25) is 0 Å². The van der Waals surface area contributed by atoms with Crippen LogP contribution in [0.25, 0.3) is 5.57 Å². The molecule has 1 saturated heterocycles. The number of hydrogen-bond donors (Lipinski definition) is 0. The van der Waals surface area contributed by atoms with Gasteiger partial charge in [-0.1, -0.05) is 42.5 Å². The molecule has 4 atom stereocenters. The van der Waals surface area contributed by atoms with Crippen LogP contribution >= 0.6 is 0 Å². The predicted octanol–water partition coefficient (Wildman–Crippen LogP) is 5.14. The molecule has 3 aromatic rings. The average molecular weight is 494 g/mol. The number of fused-ring (bicyclic) bond motifs is 5. The highest BCUT2D eigenvalue weighted by atomic mass is 16.5. The van der Waals surface area contributed by atoms with E-state index in [0.717, 1.165) is 33.8 Å². The third kappa shape index (κ3) is 3.55. The first-order valence-corrected chi connectivity index (χ1v) is 12.3. The van der Waals surface area contributed by atoms with Gasteiger partial charge in [-0.15, -0.1) is 0 Å². The number of nitrogens with zero attached hydrogens (tertiary/aromatic N) is 1. The van der Waals surface area contributed by atoms with Crippen molar-refractivity contribution in [2.45, 2.75) is 0 Å². The van der Waals surface area contributed by atoms with E-state index in [4.69, 9.17) is 14.2 Å². The molecule has 0 radical (unpaired) electrons. The molecule has 6 nitrogen and oxygen atoms in total. The van der Waals surface area contributed by atoms with Crippen LogP contribution in [0.15, 0.2) is 90.5 Å². The van der Waals surface area contributed by atoms with Crippen molar-refractivity contribution in [3.8, 4) is 17.2 Å². The van der Waals surface area contributed by atoms with Crippen molar-refractivity contribution in [3.05, 3.63) is 102 Å². The number of benzene rings is 3. The Kier molecular flexibility index (Phi) is 5.60. The van der Waals surface area contributed by atoms with Gasteiger partial charge in [-0.25, -0.2) is 4.90 Å². The summed E-state index contributed by atoms with van der Waals surface area (Å²) in [4.78, 5) is 28.9. The number of carbonyl (C=O) groups excluding carboxylic acids is 2. The number of imide groups is 1. The summed E-state index contributed by atoms with van der Waals surface area (Å²) in [5.74, 6) is 0.701. The number of methoxy groups -OCH3 is 3. The molecule has 37 heavy (non-hydrogen) atoms. The predicted molar refractivity (Wildman–Crippen MR) is 141 cm³/mol. The fourth-order valence-corrected chi connectivity index (χ4v) is 6.12. The van der Waals surface area contributed by atoms with Crippen molar-refractivity contribution in [1.82, 2.24) is 0 Å². The van der Waals surface area contributed by atoms with Crippen LogP contribution in [0, 0.1) is 23.7 Å². The monoisotopic (exact) mass is 493 g/mol. The average Bonchev–Trinajstić information content (AvgIpc) is 3.58. The van der Waals surface area contributed by atoms with E-state index in [1.165, 1.54) is 4.90 Å². The molecule has 3 aromatic carbocycles. The topological polar surface area (TPSA) is 65.1 Å². The third-order valence-electron chi connectivity index (χ3n) is 7.77. The van der Waals surface area contributed by atoms with Gasteiger partial charge in [0.1, 0.15) is 17.2 Å². The van der Waals surface area contributed by atoms with Crippen molar-refractivity contribution in [2.75, 3.05) is 26.2 Å². The van der Waals surface area contributed by atoms with Gasteiger partial charge in [-0.05, 0) is 58.7 Å². The molecule has 2 aliphatic carbocycles. The lowest BCUT2D eigenvalue weighted by Crippen LogP contribution is -2.33. The van der Waals surface area contributed by atoms with Gasteiger partial charge in [0, 0.05) is 17.9 Å². The summed E-state index contributed by atoms with van der Waals surface area (Å²) in [5.41, 5.74) is 4.76. The molecule has 2 fully saturated rings. The zero-order valence-electron chi connectivity index (χ0n) is 20.9. The van der Waals surface area contributed by atoms with Gasteiger partial charge in [-0.3, -0.25) is 9.59 Å². The Morgan fingerprint density at radius 2 is 1.14 bits per heavy atom. The van der Waals surface area contributed by atoms with Gasteiger partial charge < -0.3 is 14.2 Å². The Hall–Kier alpha value is -4.32. The molecule has 2 bridgehead atoms. The molecule has 0 N–H and O–H groups in total. The van der Waals surface area contributed by atoms with Gasteiger partial charge >= 0.3 is 0 Å². The van der Waals surface area contributed by atoms with Crippen LogP contribution in [-0.4, -0.2) is 33.1 Å². The quantitative estimate of drug-likeness (QED) is 0.352. The second kappa shape index (κ2) is 8.96. The molecular formula is C31H27NO5. The van der Waals surface area contributed by atoms with E-state index in [-0.39, 0.29) is 23.7 Å². The highest BCUT2D eigenvalue weighted by Crippen LogP contribution is 2.59. The van der Waals surface area contributed by atoms with E-state index in [1.54, 1.807) is 45.6 Å². The van der Waals surface area contributed by atoms with Crippen molar-refractivity contribution >= 4 is 23.1 Å². The SMILES string of the molecule is COc1ccc(C(=C2[C@H]3C=C[C@H]2[C@H]2C(=O)N(c4cccc(OC)c4)C(=O)[C@@H]23)c2ccc(OC)cc2)cc1. The van der Waals surface area contributed by atoms with Crippen molar-refractivity contribution in [1.29, 1.82) is 0 Å². The highest BCUT2D eigenvalue weighted by molar-refractivity contribution is 6.23. The normalized spacial score (nSPS) is 23.4. The first kappa shape index (κ1) is 23.1. The van der Waals surface area contributed by atoms with Crippen LogP contribution in [-0.2, 0) is 9.59 Å². The first-order chi connectivity index (χ1) is 18.0. The van der Waals surface area contributed by atoms with Crippen LogP contribution in [0.3, 0.4) is 0 Å². The first-order valence-electron chi connectivity index (χ1n) is 12.3. The summed E-state index contributed by atoms with van der Waals surface area (Å²) in [5, 5.41) is 0. The zero-order chi connectivity index (χ0) is 25.7. The second-order valence-electron chi connectivity index (χ2n) is 9.49. The smallest absolute Gasteiger partial charge is 0.238 e. The van der Waals surface area contributed by atoms with Gasteiger partial charge in [0.25, 0.3) is 0 Å². The maximum atomic E-state index is 13.8. The molecule has 0 unspecified atom stereocenters. The minimum atomic E-state index is -0.421. The van der Waals surface area contributed by atoms with Crippen LogP contribution in [0.1, 0.15) is 11.1 Å². The lowest BCUT2D eigenvalue weighted by atomic mass is 9.85. The molecule has 3 aliphatic rings. The number of ether oxygens (including phenoxy) is 3. The molecule has 6 rings (SSSR count). The van der Waals surface area contributed by atoms with E-state index in [9.17, 15) is 9.59 Å². The molecule has 186 valence electrons. The van der Waals surface area contributed by atoms with E-state index in [1.807, 2.05) is 48.5 Å². The van der Waals surface area contributed by atoms with Crippen molar-refractivity contribution in [2.24, 2.45) is 23.7 Å². The van der Waals surface area contributed by atoms with Gasteiger partial charge in [0.15, 0.2) is 0 Å². The molecule has 6 heteroatoms. The summed E-state index contributed by atoms with van der Waals surface area (Å²) in [6.07, 6.45) is 4.21. The van der Waals surface area contributed by atoms with Crippen molar-refractivity contribution in [3.63, 3.8) is 0 Å². The Balaban J connectivity index is 1.46. The maximum Gasteiger partial charge on any atom is 0.238 e. The fraction of sp³-hybridized carbons (Fsp3) is 0.226. The van der Waals surface area contributed by atoms with Crippen LogP contribution in [0.4, 0.5) is 5.69 Å². The van der Waals surface area contributed by atoms with Crippen molar-refractivity contribution < 1.29 is 23.8 Å². The highest BCUT2D eigenvalue weighted by Gasteiger charge is 2.62. The lowest BCUT2D eigenvalue weighted by molar-refractivity contribution is -0.122. The van der Waals surface area contributed by atoms with E-state index >= 15 is 0 Å². The molecule has 0 spiro atoms. The van der Waals surface area contributed by atoms with Crippen LogP contribution in [0.5, 0.6) is 17.2 Å². The van der Waals surface area contributed by atoms with Gasteiger partial charge in [-0.2, -0.15) is 0 Å². The third-order valence-corrected chi connectivity index (χ3v) is 7.77. The maximum absolute atomic E-state index is 13.8. The van der Waals surface area contributed by atoms with Crippen LogP contribution < -0.4 is 19.1 Å². The summed E-state index contributed by atoms with van der Waals surface area (Å²) in [7, 11) is 4.86. The number of anilines is 1. The molecule has 2 amide bonds. The lowest BCUT2D eigenvalue weighted by Gasteiger charge is -2.22. The Bertz CT molecular complexity index is 1350. The van der Waals surface area contributed by atoms with E-state index in [0.29, 0.717) is 11.4 Å². The fourth-order valence-electron chi connectivity index (χ4n) is 6.12. The number of amides is 2. The second-order valence-corrected chi connectivity index (χ2v) is 9.49. The molecule has 1 heterocycles. The molecular weight excluding hydrogens is 466 g/mol. The summed E-state index contributed by atoms with van der Waals surface area (Å²) in [6, 6.07) is 23.0. The Morgan fingerprint density at radius 1 is 0.649 bits per heavy atom. The summed E-state index contributed by atoms with van der Waals surface area (Å²) >= 11 is 0. The number of rotatable bonds is 6. The standard InChI is InChI=1S/C31H27NO5/c1-35-21-11-7-18(8-12-21)26(19-9-13-22(36-2)14-10-19)27-24-15-16-25(27)29-28(24)30(33)32(31(29)34)20-5-4-6-23(17-20)37-3/h4-17,24-25,28-29H,1-3H3/t24-,25-,28-,29-/m1/s1. The number of carbonyl (C=O) groups is 2. The Morgan fingerprint density at radius 3 is 1.59 bits per heavy atom. The largest absolute Gasteiger partial charge is 0.497 e. The van der Waals surface area contributed by atoms with Gasteiger partial charge in [0.2, 0.25) is 11.8 Å². The number of hydrogen-bond acceptors (Lipinski definition) is 5.